The summed E-state index contributed by atoms with van der Waals surface area (Å²) in [4.78, 5) is 8.14. The Morgan fingerprint density at radius 1 is 0.652 bits per heavy atom. The van der Waals surface area contributed by atoms with Crippen molar-refractivity contribution in [3.05, 3.63) is 79.1 Å². The summed E-state index contributed by atoms with van der Waals surface area (Å²) in [5.41, 5.74) is 1.36. The summed E-state index contributed by atoms with van der Waals surface area (Å²) < 4.78 is 0. The lowest BCUT2D eigenvalue weighted by Crippen LogP contribution is -2.30. The molecule has 23 heavy (non-hydrogen) atoms. The molecule has 4 rings (SSSR count). The zero-order valence-corrected chi connectivity index (χ0v) is 12.4. The lowest BCUT2D eigenvalue weighted by Gasteiger charge is -2.03. The summed E-state index contributed by atoms with van der Waals surface area (Å²) in [6.07, 6.45) is 3.49. The van der Waals surface area contributed by atoms with Gasteiger partial charge < -0.3 is 10.0 Å². The van der Waals surface area contributed by atoms with E-state index < -0.39 is 7.12 Å². The molecular formula is C18H15BN2O2. The van der Waals surface area contributed by atoms with Crippen LogP contribution in [0.15, 0.2) is 79.1 Å². The van der Waals surface area contributed by atoms with Crippen molar-refractivity contribution >= 4 is 34.4 Å². The molecule has 2 aromatic heterocycles. The molecule has 0 saturated heterocycles. The zero-order chi connectivity index (χ0) is 16.1. The van der Waals surface area contributed by atoms with Crippen LogP contribution < -0.4 is 5.46 Å². The first-order chi connectivity index (χ1) is 11.3. The number of aromatic nitrogens is 2. The fourth-order valence-corrected chi connectivity index (χ4v) is 2.38. The lowest BCUT2D eigenvalue weighted by molar-refractivity contribution is 0.426. The summed E-state index contributed by atoms with van der Waals surface area (Å²) in [6.45, 7) is 0. The van der Waals surface area contributed by atoms with Gasteiger partial charge in [0.15, 0.2) is 5.65 Å². The van der Waals surface area contributed by atoms with Gasteiger partial charge in [-0.05, 0) is 40.5 Å². The third-order valence-electron chi connectivity index (χ3n) is 3.48. The summed E-state index contributed by atoms with van der Waals surface area (Å²) in [6, 6.07) is 20.9. The van der Waals surface area contributed by atoms with Crippen LogP contribution in [-0.2, 0) is 0 Å². The van der Waals surface area contributed by atoms with E-state index >= 15 is 0 Å². The summed E-state index contributed by atoms with van der Waals surface area (Å²) in [5.74, 6) is 0. The Labute approximate surface area is 134 Å². The lowest BCUT2D eigenvalue weighted by atomic mass is 9.77. The van der Waals surface area contributed by atoms with Crippen molar-refractivity contribution < 1.29 is 10.0 Å². The molecular weight excluding hydrogens is 287 g/mol. The molecule has 0 radical (unpaired) electrons. The van der Waals surface area contributed by atoms with Crippen LogP contribution in [0.4, 0.5) is 0 Å². The molecule has 0 aliphatic carbocycles. The first kappa shape index (κ1) is 15.2. The standard InChI is InChI=1S/C10H9BO2.C8H6N2/c12-11(13)10-7-3-5-8-4-1-2-6-9(8)10;1-3-7-4-2-6-10-8(7)9-5-1/h1-7,12-13H;1-6H. The van der Waals surface area contributed by atoms with E-state index in [0.29, 0.717) is 5.46 Å². The van der Waals surface area contributed by atoms with Crippen molar-refractivity contribution in [1.82, 2.24) is 9.97 Å². The molecule has 0 spiro atoms. The second-order valence-corrected chi connectivity index (χ2v) is 5.00. The molecule has 0 saturated carbocycles. The van der Waals surface area contributed by atoms with Crippen LogP contribution in [0.25, 0.3) is 21.8 Å². The highest BCUT2D eigenvalue weighted by molar-refractivity contribution is 6.61. The number of nitrogens with zero attached hydrogens (tertiary/aromatic N) is 2. The van der Waals surface area contributed by atoms with Gasteiger partial charge in [-0.2, -0.15) is 0 Å². The molecule has 2 heterocycles. The van der Waals surface area contributed by atoms with Crippen molar-refractivity contribution in [3.8, 4) is 0 Å². The number of pyridine rings is 2. The van der Waals surface area contributed by atoms with E-state index in [2.05, 4.69) is 9.97 Å². The Balaban J connectivity index is 0.000000140. The molecule has 4 aromatic rings. The first-order valence-corrected chi connectivity index (χ1v) is 7.25. The van der Waals surface area contributed by atoms with Crippen molar-refractivity contribution in [3.63, 3.8) is 0 Å². The van der Waals surface area contributed by atoms with Gasteiger partial charge in [0.25, 0.3) is 0 Å². The molecule has 0 bridgehead atoms. The average Bonchev–Trinajstić information content (AvgIpc) is 2.62. The van der Waals surface area contributed by atoms with E-state index in [0.717, 1.165) is 21.8 Å². The van der Waals surface area contributed by atoms with Gasteiger partial charge in [0.1, 0.15) is 0 Å². The molecule has 0 amide bonds. The molecule has 0 atom stereocenters. The van der Waals surface area contributed by atoms with Crippen molar-refractivity contribution in [2.75, 3.05) is 0 Å². The monoisotopic (exact) mass is 302 g/mol. The number of benzene rings is 2. The van der Waals surface area contributed by atoms with Gasteiger partial charge in [-0.1, -0.05) is 42.5 Å². The second kappa shape index (κ2) is 7.00. The van der Waals surface area contributed by atoms with E-state index in [9.17, 15) is 0 Å². The van der Waals surface area contributed by atoms with Crippen LogP contribution in [0.1, 0.15) is 0 Å². The fourth-order valence-electron chi connectivity index (χ4n) is 2.38. The normalized spacial score (nSPS) is 10.2. The summed E-state index contributed by atoms with van der Waals surface area (Å²) in [7, 11) is -1.40. The predicted octanol–water partition coefficient (Wildman–Crippen LogP) is 2.15. The molecule has 0 fully saturated rings. The van der Waals surface area contributed by atoms with Crippen molar-refractivity contribution in [1.29, 1.82) is 0 Å². The quantitative estimate of drug-likeness (QED) is 0.529. The molecule has 112 valence electrons. The van der Waals surface area contributed by atoms with Crippen LogP contribution in [0, 0.1) is 0 Å². The minimum atomic E-state index is -1.40. The predicted molar refractivity (Wildman–Crippen MR) is 93.3 cm³/mol. The average molecular weight is 302 g/mol. The highest BCUT2D eigenvalue weighted by atomic mass is 16.4. The highest BCUT2D eigenvalue weighted by Crippen LogP contribution is 2.10. The van der Waals surface area contributed by atoms with Crippen molar-refractivity contribution in [2.24, 2.45) is 0 Å². The Morgan fingerprint density at radius 2 is 1.26 bits per heavy atom. The molecule has 2 N–H and O–H groups in total. The van der Waals surface area contributed by atoms with Gasteiger partial charge in [0, 0.05) is 17.8 Å². The van der Waals surface area contributed by atoms with Gasteiger partial charge in [-0.3, -0.25) is 0 Å². The summed E-state index contributed by atoms with van der Waals surface area (Å²) >= 11 is 0. The Bertz CT molecular complexity index is 858. The third-order valence-corrected chi connectivity index (χ3v) is 3.48. The van der Waals surface area contributed by atoms with Gasteiger partial charge in [-0.25, -0.2) is 9.97 Å². The van der Waals surface area contributed by atoms with E-state index in [1.165, 1.54) is 0 Å². The summed E-state index contributed by atoms with van der Waals surface area (Å²) in [5, 5.41) is 21.2. The maximum atomic E-state index is 9.08. The third kappa shape index (κ3) is 3.53. The Morgan fingerprint density at radius 3 is 1.91 bits per heavy atom. The minimum Gasteiger partial charge on any atom is -0.423 e. The molecule has 0 unspecified atom stereocenters. The topological polar surface area (TPSA) is 66.2 Å². The smallest absolute Gasteiger partial charge is 0.423 e. The maximum absolute atomic E-state index is 9.08. The van der Waals surface area contributed by atoms with E-state index in [1.807, 2.05) is 60.7 Å². The van der Waals surface area contributed by atoms with Crippen LogP contribution in [-0.4, -0.2) is 27.1 Å². The molecule has 2 aromatic carbocycles. The number of hydrogen-bond donors (Lipinski definition) is 2. The number of hydrogen-bond acceptors (Lipinski definition) is 4. The molecule has 0 aliphatic heterocycles. The zero-order valence-electron chi connectivity index (χ0n) is 12.4. The highest BCUT2D eigenvalue weighted by Gasteiger charge is 2.13. The van der Waals surface area contributed by atoms with E-state index in [1.54, 1.807) is 18.5 Å². The molecule has 4 nitrogen and oxygen atoms in total. The van der Waals surface area contributed by atoms with Crippen LogP contribution >= 0.6 is 0 Å². The number of rotatable bonds is 1. The van der Waals surface area contributed by atoms with Crippen LogP contribution in [0.2, 0.25) is 0 Å². The number of fused-ring (bicyclic) bond motifs is 2. The van der Waals surface area contributed by atoms with E-state index in [-0.39, 0.29) is 0 Å². The molecule has 5 heteroatoms. The maximum Gasteiger partial charge on any atom is 0.489 e. The van der Waals surface area contributed by atoms with Gasteiger partial charge in [0.2, 0.25) is 0 Å². The van der Waals surface area contributed by atoms with Crippen LogP contribution in [0.5, 0.6) is 0 Å². The fraction of sp³-hybridized carbons (Fsp3) is 0. The van der Waals surface area contributed by atoms with Gasteiger partial charge in [-0.15, -0.1) is 0 Å². The SMILES string of the molecule is OB(O)c1cccc2ccccc12.c1cnc2ncccc2c1. The van der Waals surface area contributed by atoms with E-state index in [4.69, 9.17) is 10.0 Å². The molecule has 0 aliphatic rings. The Hall–Kier alpha value is -2.76. The largest absolute Gasteiger partial charge is 0.489 e. The first-order valence-electron chi connectivity index (χ1n) is 7.25. The van der Waals surface area contributed by atoms with Gasteiger partial charge in [0.05, 0.1) is 0 Å². The second-order valence-electron chi connectivity index (χ2n) is 5.00. The van der Waals surface area contributed by atoms with Crippen molar-refractivity contribution in [2.45, 2.75) is 0 Å². The Kier molecular flexibility index (Phi) is 4.61. The minimum absolute atomic E-state index is 0.554. The van der Waals surface area contributed by atoms with Crippen LogP contribution in [0.3, 0.4) is 0 Å². The van der Waals surface area contributed by atoms with Gasteiger partial charge >= 0.3 is 7.12 Å².